The smallest absolute Gasteiger partial charge is 0.246 e. The molecule has 4 rings (SSSR count). The Labute approximate surface area is 184 Å². The largest absolute Gasteiger partial charge is 0.457 e. The summed E-state index contributed by atoms with van der Waals surface area (Å²) < 4.78 is 5.90. The lowest BCUT2D eigenvalue weighted by atomic mass is 10.1. The van der Waals surface area contributed by atoms with Crippen molar-refractivity contribution in [1.82, 2.24) is 9.88 Å². The molecule has 0 saturated heterocycles. The Kier molecular flexibility index (Phi) is 5.80. The van der Waals surface area contributed by atoms with Crippen LogP contribution in [-0.2, 0) is 22.6 Å². The van der Waals surface area contributed by atoms with E-state index in [4.69, 9.17) is 21.8 Å². The number of aryl methyl sites for hydroxylation is 2. The number of nitrogens with zero attached hydrogens (tertiary/aromatic N) is 2. The molecule has 2 aromatic heterocycles. The first-order chi connectivity index (χ1) is 14.8. The number of furan rings is 1. The number of amides is 2. The van der Waals surface area contributed by atoms with Gasteiger partial charge in [0.05, 0.1) is 17.6 Å². The molecule has 0 saturated carbocycles. The zero-order valence-electron chi connectivity index (χ0n) is 17.3. The summed E-state index contributed by atoms with van der Waals surface area (Å²) in [4.78, 5) is 30.3. The molecule has 3 heterocycles. The predicted octanol–water partition coefficient (Wildman–Crippen LogP) is 3.67. The van der Waals surface area contributed by atoms with E-state index >= 15 is 0 Å². The number of hydrogen-bond donors (Lipinski definition) is 2. The maximum absolute atomic E-state index is 12.6. The van der Waals surface area contributed by atoms with E-state index in [-0.39, 0.29) is 11.8 Å². The molecule has 31 heavy (non-hydrogen) atoms. The number of nitrogens with one attached hydrogen (secondary N) is 1. The number of halogens is 1. The van der Waals surface area contributed by atoms with E-state index in [2.05, 4.69) is 10.3 Å². The van der Waals surface area contributed by atoms with Gasteiger partial charge < -0.3 is 20.4 Å². The molecule has 160 valence electrons. The number of likely N-dealkylation sites (N-methyl/N-ethyl adjacent to an activating group) is 1. The second-order valence-electron chi connectivity index (χ2n) is 7.71. The standard InChI is InChI=1S/C23H23ClN4O3/c1-13-16-4-3-5-17(24)21(16)31-19(13)12-28(2)20(29)9-6-14-10-15-7-8-18(25)23(30)27-22(15)26-11-14/h3-6,9-11,18H,7-8,12,25H2,1-2H3,(H,26,27,30)/b9-6+. The van der Waals surface area contributed by atoms with E-state index in [0.29, 0.717) is 41.6 Å². The zero-order valence-corrected chi connectivity index (χ0v) is 18.1. The third-order valence-electron chi connectivity index (χ3n) is 5.48. The van der Waals surface area contributed by atoms with E-state index < -0.39 is 6.04 Å². The van der Waals surface area contributed by atoms with Crippen molar-refractivity contribution in [2.24, 2.45) is 5.73 Å². The van der Waals surface area contributed by atoms with Gasteiger partial charge in [-0.25, -0.2) is 4.98 Å². The average molecular weight is 439 g/mol. The van der Waals surface area contributed by atoms with E-state index in [9.17, 15) is 9.59 Å². The van der Waals surface area contributed by atoms with Gasteiger partial charge in [-0.05, 0) is 49.1 Å². The summed E-state index contributed by atoms with van der Waals surface area (Å²) in [5, 5.41) is 4.23. The van der Waals surface area contributed by atoms with Gasteiger partial charge in [0, 0.05) is 30.3 Å². The molecule has 1 atom stereocenters. The fourth-order valence-electron chi connectivity index (χ4n) is 3.57. The lowest BCUT2D eigenvalue weighted by Gasteiger charge is -2.14. The first-order valence-corrected chi connectivity index (χ1v) is 10.4. The van der Waals surface area contributed by atoms with Gasteiger partial charge in [0.25, 0.3) is 0 Å². The van der Waals surface area contributed by atoms with Crippen LogP contribution in [0.3, 0.4) is 0 Å². The molecule has 0 bridgehead atoms. The minimum Gasteiger partial charge on any atom is -0.457 e. The van der Waals surface area contributed by atoms with Crippen molar-refractivity contribution in [3.8, 4) is 0 Å². The number of carbonyl (C=O) groups excluding carboxylic acids is 2. The molecule has 0 aliphatic carbocycles. The summed E-state index contributed by atoms with van der Waals surface area (Å²) in [7, 11) is 1.72. The van der Waals surface area contributed by atoms with Gasteiger partial charge in [0.1, 0.15) is 11.6 Å². The van der Waals surface area contributed by atoms with Crippen LogP contribution in [0.4, 0.5) is 5.82 Å². The van der Waals surface area contributed by atoms with Crippen LogP contribution in [0.1, 0.15) is 28.9 Å². The van der Waals surface area contributed by atoms with E-state index in [1.54, 1.807) is 30.3 Å². The first kappa shape index (κ1) is 21.1. The Morgan fingerprint density at radius 2 is 2.26 bits per heavy atom. The number of anilines is 1. The highest BCUT2D eigenvalue weighted by molar-refractivity contribution is 6.34. The van der Waals surface area contributed by atoms with Crippen molar-refractivity contribution in [1.29, 1.82) is 0 Å². The van der Waals surface area contributed by atoms with E-state index in [1.165, 1.54) is 6.08 Å². The normalized spacial score (nSPS) is 16.3. The molecule has 1 aliphatic heterocycles. The number of benzene rings is 1. The first-order valence-electron chi connectivity index (χ1n) is 9.98. The molecule has 8 heteroatoms. The predicted molar refractivity (Wildman–Crippen MR) is 121 cm³/mol. The summed E-state index contributed by atoms with van der Waals surface area (Å²) in [5.74, 6) is 0.827. The SMILES string of the molecule is Cc1c(CN(C)C(=O)/C=C/c2cnc3c(c2)CCC(N)C(=O)N3)oc2c(Cl)cccc12. The van der Waals surface area contributed by atoms with Gasteiger partial charge in [-0.3, -0.25) is 9.59 Å². The topological polar surface area (TPSA) is 101 Å². The molecule has 1 unspecified atom stereocenters. The van der Waals surface area contributed by atoms with Gasteiger partial charge >= 0.3 is 0 Å². The Morgan fingerprint density at radius 3 is 3.03 bits per heavy atom. The van der Waals surface area contributed by atoms with Gasteiger partial charge in [-0.2, -0.15) is 0 Å². The van der Waals surface area contributed by atoms with Crippen molar-refractivity contribution in [2.45, 2.75) is 32.4 Å². The van der Waals surface area contributed by atoms with Crippen LogP contribution in [0.15, 0.2) is 41.0 Å². The molecule has 3 N–H and O–H groups in total. The highest BCUT2D eigenvalue weighted by Crippen LogP contribution is 2.31. The quantitative estimate of drug-likeness (QED) is 0.605. The van der Waals surface area contributed by atoms with Crippen LogP contribution in [0.5, 0.6) is 0 Å². The summed E-state index contributed by atoms with van der Waals surface area (Å²) in [5.41, 5.74) is 9.10. The van der Waals surface area contributed by atoms with Crippen LogP contribution in [0, 0.1) is 6.92 Å². The third-order valence-corrected chi connectivity index (χ3v) is 5.78. The molecule has 7 nitrogen and oxygen atoms in total. The minimum absolute atomic E-state index is 0.170. The van der Waals surface area contributed by atoms with Crippen LogP contribution >= 0.6 is 11.6 Å². The molecule has 1 aromatic carbocycles. The van der Waals surface area contributed by atoms with E-state index in [1.807, 2.05) is 25.1 Å². The number of nitrogens with two attached hydrogens (primary N) is 1. The highest BCUT2D eigenvalue weighted by atomic mass is 35.5. The van der Waals surface area contributed by atoms with Crippen LogP contribution in [0.25, 0.3) is 17.0 Å². The maximum Gasteiger partial charge on any atom is 0.246 e. The zero-order chi connectivity index (χ0) is 22.1. The summed E-state index contributed by atoms with van der Waals surface area (Å²) in [6, 6.07) is 6.98. The van der Waals surface area contributed by atoms with Crippen molar-refractivity contribution >= 4 is 46.3 Å². The number of rotatable bonds is 4. The minimum atomic E-state index is -0.542. The molecule has 3 aromatic rings. The van der Waals surface area contributed by atoms with Gasteiger partial charge in [-0.15, -0.1) is 0 Å². The summed E-state index contributed by atoms with van der Waals surface area (Å²) in [6.07, 6.45) is 6.02. The van der Waals surface area contributed by atoms with Gasteiger partial charge in [0.2, 0.25) is 11.8 Å². The summed E-state index contributed by atoms with van der Waals surface area (Å²) in [6.45, 7) is 2.28. The average Bonchev–Trinajstić information content (AvgIpc) is 2.99. The van der Waals surface area contributed by atoms with Crippen LogP contribution in [0.2, 0.25) is 5.02 Å². The van der Waals surface area contributed by atoms with Crippen LogP contribution < -0.4 is 11.1 Å². The molecular weight excluding hydrogens is 416 g/mol. The Bertz CT molecular complexity index is 1200. The molecular formula is C23H23ClN4O3. The number of aromatic nitrogens is 1. The number of pyridine rings is 1. The maximum atomic E-state index is 12.6. The molecule has 1 aliphatic rings. The molecule has 0 radical (unpaired) electrons. The van der Waals surface area contributed by atoms with Crippen molar-refractivity contribution in [2.75, 3.05) is 12.4 Å². The Hall–Kier alpha value is -3.16. The highest BCUT2D eigenvalue weighted by Gasteiger charge is 2.21. The van der Waals surface area contributed by atoms with Gasteiger partial charge in [0.15, 0.2) is 5.58 Å². The van der Waals surface area contributed by atoms with E-state index in [0.717, 1.165) is 22.1 Å². The number of carbonyl (C=O) groups is 2. The number of hydrogen-bond acceptors (Lipinski definition) is 5. The third kappa shape index (κ3) is 4.33. The number of fused-ring (bicyclic) bond motifs is 2. The van der Waals surface area contributed by atoms with Crippen molar-refractivity contribution in [3.63, 3.8) is 0 Å². The fourth-order valence-corrected chi connectivity index (χ4v) is 3.78. The number of para-hydroxylation sites is 1. The molecule has 0 fully saturated rings. The van der Waals surface area contributed by atoms with Gasteiger partial charge in [-0.1, -0.05) is 23.7 Å². The van der Waals surface area contributed by atoms with Crippen LogP contribution in [-0.4, -0.2) is 34.8 Å². The molecule has 0 spiro atoms. The lowest BCUT2D eigenvalue weighted by Crippen LogP contribution is -2.34. The second-order valence-corrected chi connectivity index (χ2v) is 8.11. The summed E-state index contributed by atoms with van der Waals surface area (Å²) >= 11 is 6.21. The Morgan fingerprint density at radius 1 is 1.45 bits per heavy atom. The fraction of sp³-hybridized carbons (Fsp3) is 0.261. The Balaban J connectivity index is 1.47. The molecule has 2 amide bonds. The monoisotopic (exact) mass is 438 g/mol. The van der Waals surface area contributed by atoms with Crippen molar-refractivity contribution < 1.29 is 14.0 Å². The second kappa shape index (κ2) is 8.53. The lowest BCUT2D eigenvalue weighted by molar-refractivity contribution is -0.125. The van der Waals surface area contributed by atoms with Crippen molar-refractivity contribution in [3.05, 3.63) is 64.0 Å².